The maximum atomic E-state index is 12.4. The number of nitrogens with zero attached hydrogens (tertiary/aromatic N) is 2. The molecule has 0 radical (unpaired) electrons. The van der Waals surface area contributed by atoms with Gasteiger partial charge in [0.2, 0.25) is 11.8 Å². The first-order chi connectivity index (χ1) is 14.6. The van der Waals surface area contributed by atoms with Gasteiger partial charge in [-0.3, -0.25) is 9.59 Å². The highest BCUT2D eigenvalue weighted by Crippen LogP contribution is 2.36. The van der Waals surface area contributed by atoms with Gasteiger partial charge in [0.25, 0.3) is 0 Å². The van der Waals surface area contributed by atoms with Crippen LogP contribution < -0.4 is 5.32 Å². The molecule has 1 aromatic carbocycles. The van der Waals surface area contributed by atoms with Crippen molar-refractivity contribution < 1.29 is 19.1 Å². The second-order valence-corrected chi connectivity index (χ2v) is 8.07. The fraction of sp³-hybridized carbons (Fsp3) is 0.409. The number of carbonyl (C=O) groups excluding carboxylic acids is 2. The minimum atomic E-state index is -0.117. The van der Waals surface area contributed by atoms with Crippen molar-refractivity contribution in [3.63, 3.8) is 0 Å². The standard InChI is InChI=1S/C22H25N3O4S/c1-28-11-12-29-15-21(27)25-10-9-17-18(13-23)22(30-19(17)14-25)24-20(26)8-7-16-5-3-2-4-6-16/h2-6H,7-12,14-15H2,1H3,(H,24,26). The van der Waals surface area contributed by atoms with E-state index in [9.17, 15) is 14.9 Å². The van der Waals surface area contributed by atoms with Gasteiger partial charge in [0.1, 0.15) is 17.7 Å². The molecule has 1 aliphatic heterocycles. The SMILES string of the molecule is COCCOCC(=O)N1CCc2c(sc(NC(=O)CCc3ccccc3)c2C#N)C1. The van der Waals surface area contributed by atoms with E-state index < -0.39 is 0 Å². The number of hydrogen-bond donors (Lipinski definition) is 1. The minimum Gasteiger partial charge on any atom is -0.382 e. The summed E-state index contributed by atoms with van der Waals surface area (Å²) in [4.78, 5) is 27.4. The average molecular weight is 428 g/mol. The Kier molecular flexibility index (Phi) is 7.97. The monoisotopic (exact) mass is 427 g/mol. The molecule has 0 saturated carbocycles. The largest absolute Gasteiger partial charge is 0.382 e. The third-order valence-corrected chi connectivity index (χ3v) is 6.05. The van der Waals surface area contributed by atoms with Gasteiger partial charge in [-0.15, -0.1) is 11.3 Å². The first-order valence-electron chi connectivity index (χ1n) is 9.85. The Bertz CT molecular complexity index is 920. The van der Waals surface area contributed by atoms with E-state index in [1.807, 2.05) is 30.3 Å². The summed E-state index contributed by atoms with van der Waals surface area (Å²) in [6.07, 6.45) is 1.59. The van der Waals surface area contributed by atoms with E-state index in [-0.39, 0.29) is 18.4 Å². The smallest absolute Gasteiger partial charge is 0.248 e. The first-order valence-corrected chi connectivity index (χ1v) is 10.7. The highest BCUT2D eigenvalue weighted by Gasteiger charge is 2.27. The number of amides is 2. The lowest BCUT2D eigenvalue weighted by Gasteiger charge is -2.26. The number of hydrogen-bond acceptors (Lipinski definition) is 6. The summed E-state index contributed by atoms with van der Waals surface area (Å²) in [6, 6.07) is 12.0. The predicted molar refractivity (Wildman–Crippen MR) is 114 cm³/mol. The van der Waals surface area contributed by atoms with E-state index in [1.54, 1.807) is 12.0 Å². The van der Waals surface area contributed by atoms with Gasteiger partial charge in [-0.25, -0.2) is 0 Å². The van der Waals surface area contributed by atoms with Crippen molar-refractivity contribution in [3.8, 4) is 6.07 Å². The second-order valence-electron chi connectivity index (χ2n) is 6.96. The Labute approximate surface area is 180 Å². The number of thiophene rings is 1. The van der Waals surface area contributed by atoms with Crippen molar-refractivity contribution in [2.75, 3.05) is 38.8 Å². The number of ether oxygens (including phenoxy) is 2. The van der Waals surface area contributed by atoms with Crippen LogP contribution in [0.5, 0.6) is 0 Å². The number of nitrogens with one attached hydrogen (secondary N) is 1. The molecule has 0 fully saturated rings. The number of carbonyl (C=O) groups is 2. The lowest BCUT2D eigenvalue weighted by atomic mass is 10.0. The van der Waals surface area contributed by atoms with Gasteiger partial charge in [0.15, 0.2) is 0 Å². The van der Waals surface area contributed by atoms with Gasteiger partial charge >= 0.3 is 0 Å². The summed E-state index contributed by atoms with van der Waals surface area (Å²) in [6.45, 7) is 1.80. The zero-order valence-corrected chi connectivity index (χ0v) is 17.8. The molecule has 0 saturated heterocycles. The second kappa shape index (κ2) is 10.9. The van der Waals surface area contributed by atoms with Crippen LogP contribution in [-0.2, 0) is 38.4 Å². The van der Waals surface area contributed by atoms with Crippen molar-refractivity contribution in [2.24, 2.45) is 0 Å². The number of methoxy groups -OCH3 is 1. The normalized spacial score (nSPS) is 12.9. The zero-order valence-electron chi connectivity index (χ0n) is 17.0. The Hall–Kier alpha value is -2.73. The molecule has 8 heteroatoms. The van der Waals surface area contributed by atoms with Crippen molar-refractivity contribution in [1.29, 1.82) is 5.26 Å². The lowest BCUT2D eigenvalue weighted by molar-refractivity contribution is -0.137. The van der Waals surface area contributed by atoms with Gasteiger partial charge in [0.05, 0.1) is 25.3 Å². The molecule has 2 amide bonds. The molecule has 0 atom stereocenters. The molecule has 1 N–H and O–H groups in total. The Morgan fingerprint density at radius 3 is 2.80 bits per heavy atom. The van der Waals surface area contributed by atoms with Gasteiger partial charge in [-0.2, -0.15) is 5.26 Å². The molecule has 1 aliphatic rings. The summed E-state index contributed by atoms with van der Waals surface area (Å²) in [7, 11) is 1.58. The zero-order chi connectivity index (χ0) is 21.3. The van der Waals surface area contributed by atoms with Crippen LogP contribution in [0.15, 0.2) is 30.3 Å². The molecule has 3 rings (SSSR count). The van der Waals surface area contributed by atoms with E-state index >= 15 is 0 Å². The quantitative estimate of drug-likeness (QED) is 0.622. The first kappa shape index (κ1) is 22.0. The third kappa shape index (κ3) is 5.66. The van der Waals surface area contributed by atoms with Crippen LogP contribution in [0, 0.1) is 11.3 Å². The minimum absolute atomic E-state index is 0.0122. The van der Waals surface area contributed by atoms with Crippen molar-refractivity contribution in [3.05, 3.63) is 51.9 Å². The van der Waals surface area contributed by atoms with Crippen LogP contribution in [0.25, 0.3) is 0 Å². The van der Waals surface area contributed by atoms with E-state index in [2.05, 4.69) is 11.4 Å². The van der Waals surface area contributed by atoms with Crippen LogP contribution in [0.4, 0.5) is 5.00 Å². The molecule has 2 heterocycles. The van der Waals surface area contributed by atoms with Crippen molar-refractivity contribution in [1.82, 2.24) is 4.90 Å². The molecule has 7 nitrogen and oxygen atoms in total. The van der Waals surface area contributed by atoms with Gasteiger partial charge < -0.3 is 19.7 Å². The number of anilines is 1. The summed E-state index contributed by atoms with van der Waals surface area (Å²) in [5.41, 5.74) is 2.55. The molecule has 0 spiro atoms. The molecular weight excluding hydrogens is 402 g/mol. The highest BCUT2D eigenvalue weighted by molar-refractivity contribution is 7.16. The summed E-state index contributed by atoms with van der Waals surface area (Å²) in [5, 5.41) is 13.1. The topological polar surface area (TPSA) is 91.7 Å². The van der Waals surface area contributed by atoms with Gasteiger partial charge in [-0.05, 0) is 24.0 Å². The highest BCUT2D eigenvalue weighted by atomic mass is 32.1. The van der Waals surface area contributed by atoms with Crippen molar-refractivity contribution in [2.45, 2.75) is 25.8 Å². The molecule has 0 unspecified atom stereocenters. The maximum Gasteiger partial charge on any atom is 0.248 e. The maximum absolute atomic E-state index is 12.4. The number of aryl methyl sites for hydroxylation is 1. The van der Waals surface area contributed by atoms with Crippen LogP contribution in [0.2, 0.25) is 0 Å². The predicted octanol–water partition coefficient (Wildman–Crippen LogP) is 2.74. The Balaban J connectivity index is 1.59. The van der Waals surface area contributed by atoms with E-state index in [1.165, 1.54) is 11.3 Å². The van der Waals surface area contributed by atoms with Crippen LogP contribution in [-0.4, -0.2) is 50.2 Å². The number of rotatable bonds is 9. The van der Waals surface area contributed by atoms with E-state index in [0.717, 1.165) is 16.0 Å². The van der Waals surface area contributed by atoms with Crippen LogP contribution >= 0.6 is 11.3 Å². The Morgan fingerprint density at radius 1 is 1.27 bits per heavy atom. The molecule has 30 heavy (non-hydrogen) atoms. The molecule has 2 aromatic rings. The molecule has 0 aliphatic carbocycles. The summed E-state index contributed by atoms with van der Waals surface area (Å²) in [5.74, 6) is -0.203. The van der Waals surface area contributed by atoms with Crippen LogP contribution in [0.1, 0.15) is 28.0 Å². The molecular formula is C22H25N3O4S. The molecule has 0 bridgehead atoms. The number of benzene rings is 1. The van der Waals surface area contributed by atoms with Gasteiger partial charge in [-0.1, -0.05) is 30.3 Å². The van der Waals surface area contributed by atoms with E-state index in [0.29, 0.717) is 56.1 Å². The Morgan fingerprint density at radius 2 is 2.07 bits per heavy atom. The summed E-state index contributed by atoms with van der Waals surface area (Å²) < 4.78 is 10.2. The molecule has 1 aromatic heterocycles. The average Bonchev–Trinajstić information content (AvgIpc) is 3.11. The van der Waals surface area contributed by atoms with Crippen LogP contribution in [0.3, 0.4) is 0 Å². The third-order valence-electron chi connectivity index (χ3n) is 4.92. The summed E-state index contributed by atoms with van der Waals surface area (Å²) >= 11 is 1.38. The lowest BCUT2D eigenvalue weighted by Crippen LogP contribution is -2.38. The fourth-order valence-corrected chi connectivity index (χ4v) is 4.54. The fourth-order valence-electron chi connectivity index (χ4n) is 3.31. The van der Waals surface area contributed by atoms with E-state index in [4.69, 9.17) is 9.47 Å². The molecule has 158 valence electrons. The van der Waals surface area contributed by atoms with Gasteiger partial charge in [0, 0.05) is 25.0 Å². The number of nitriles is 1. The van der Waals surface area contributed by atoms with Crippen molar-refractivity contribution >= 4 is 28.2 Å². The number of fused-ring (bicyclic) bond motifs is 1.